The molecule has 1 N–H and O–H groups in total. The van der Waals surface area contributed by atoms with Gasteiger partial charge in [0.15, 0.2) is 0 Å². The van der Waals surface area contributed by atoms with Crippen LogP contribution in [0.25, 0.3) is 0 Å². The zero-order valence-corrected chi connectivity index (χ0v) is 13.5. The Morgan fingerprint density at radius 2 is 1.80 bits per heavy atom. The van der Waals surface area contributed by atoms with E-state index in [2.05, 4.69) is 5.32 Å². The third-order valence-corrected chi connectivity index (χ3v) is 6.48. The minimum atomic E-state index is -3.25. The molecule has 0 aromatic carbocycles. The lowest BCUT2D eigenvalue weighted by atomic mass is 10.0. The molecule has 0 radical (unpaired) electrons. The van der Waals surface area contributed by atoms with Crippen LogP contribution in [0.15, 0.2) is 0 Å². The van der Waals surface area contributed by atoms with Gasteiger partial charge in [-0.1, -0.05) is 19.3 Å². The Morgan fingerprint density at radius 3 is 2.40 bits per heavy atom. The van der Waals surface area contributed by atoms with E-state index in [0.29, 0.717) is 25.7 Å². The second-order valence-electron chi connectivity index (χ2n) is 6.08. The summed E-state index contributed by atoms with van der Waals surface area (Å²) in [5.74, 6) is 0. The smallest absolute Gasteiger partial charge is 0.281 e. The minimum Gasteiger partial charge on any atom is -0.314 e. The van der Waals surface area contributed by atoms with E-state index in [1.54, 1.807) is 15.7 Å². The van der Waals surface area contributed by atoms with Crippen LogP contribution in [-0.2, 0) is 10.2 Å². The van der Waals surface area contributed by atoms with Gasteiger partial charge in [0, 0.05) is 32.7 Å². The van der Waals surface area contributed by atoms with Crippen LogP contribution in [0, 0.1) is 0 Å². The topological polar surface area (TPSA) is 52.7 Å². The lowest BCUT2D eigenvalue weighted by molar-refractivity contribution is 0.329. The SMILES string of the molecule is CN(CCC1CCCCN1)S(=O)(=O)N1CCCCCC1. The second-order valence-corrected chi connectivity index (χ2v) is 8.11. The first-order valence-electron chi connectivity index (χ1n) is 8.05. The molecule has 0 bridgehead atoms. The van der Waals surface area contributed by atoms with Crippen molar-refractivity contribution in [1.82, 2.24) is 13.9 Å². The van der Waals surface area contributed by atoms with Gasteiger partial charge in [0.2, 0.25) is 0 Å². The highest BCUT2D eigenvalue weighted by molar-refractivity contribution is 7.86. The molecule has 118 valence electrons. The summed E-state index contributed by atoms with van der Waals surface area (Å²) in [6, 6.07) is 0.491. The van der Waals surface area contributed by atoms with Crippen LogP contribution in [0.5, 0.6) is 0 Å². The highest BCUT2D eigenvalue weighted by atomic mass is 32.2. The van der Waals surface area contributed by atoms with Gasteiger partial charge >= 0.3 is 0 Å². The van der Waals surface area contributed by atoms with Gasteiger partial charge in [-0.3, -0.25) is 0 Å². The van der Waals surface area contributed by atoms with Gasteiger partial charge in [0.1, 0.15) is 0 Å². The number of rotatable bonds is 5. The molecular weight excluding hydrogens is 274 g/mol. The first kappa shape index (κ1) is 16.2. The maximum atomic E-state index is 12.5. The van der Waals surface area contributed by atoms with Gasteiger partial charge in [0.05, 0.1) is 0 Å². The van der Waals surface area contributed by atoms with Gasteiger partial charge in [0.25, 0.3) is 10.2 Å². The minimum absolute atomic E-state index is 0.491. The Labute approximate surface area is 123 Å². The lowest BCUT2D eigenvalue weighted by Gasteiger charge is -2.29. The molecule has 0 saturated carbocycles. The predicted octanol–water partition coefficient (Wildman–Crippen LogP) is 1.57. The molecule has 0 amide bonds. The van der Waals surface area contributed by atoms with Crippen LogP contribution in [0.3, 0.4) is 0 Å². The largest absolute Gasteiger partial charge is 0.314 e. The monoisotopic (exact) mass is 303 g/mol. The van der Waals surface area contributed by atoms with Crippen molar-refractivity contribution in [2.45, 2.75) is 57.4 Å². The van der Waals surface area contributed by atoms with E-state index < -0.39 is 10.2 Å². The summed E-state index contributed by atoms with van der Waals surface area (Å²) in [6.45, 7) is 3.08. The highest BCUT2D eigenvalue weighted by Gasteiger charge is 2.27. The quantitative estimate of drug-likeness (QED) is 0.839. The van der Waals surface area contributed by atoms with Gasteiger partial charge in [-0.25, -0.2) is 0 Å². The second kappa shape index (κ2) is 7.73. The maximum Gasteiger partial charge on any atom is 0.281 e. The zero-order chi connectivity index (χ0) is 14.4. The van der Waals surface area contributed by atoms with E-state index in [1.807, 2.05) is 0 Å². The Hall–Kier alpha value is -0.170. The third kappa shape index (κ3) is 4.41. The fourth-order valence-electron chi connectivity index (χ4n) is 3.09. The van der Waals surface area contributed by atoms with Crippen molar-refractivity contribution in [2.75, 3.05) is 33.2 Å². The van der Waals surface area contributed by atoms with Crippen molar-refractivity contribution in [3.8, 4) is 0 Å². The maximum absolute atomic E-state index is 12.5. The molecule has 1 unspecified atom stereocenters. The number of hydrogen-bond donors (Lipinski definition) is 1. The normalized spacial score (nSPS) is 26.6. The summed E-state index contributed by atoms with van der Waals surface area (Å²) in [7, 11) is -1.52. The summed E-state index contributed by atoms with van der Waals surface area (Å²) < 4.78 is 28.3. The Balaban J connectivity index is 1.83. The van der Waals surface area contributed by atoms with E-state index in [9.17, 15) is 8.42 Å². The van der Waals surface area contributed by atoms with Gasteiger partial charge in [-0.15, -0.1) is 0 Å². The lowest BCUT2D eigenvalue weighted by Crippen LogP contribution is -2.44. The van der Waals surface area contributed by atoms with Crippen LogP contribution in [-0.4, -0.2) is 56.3 Å². The van der Waals surface area contributed by atoms with Gasteiger partial charge < -0.3 is 5.32 Å². The average Bonchev–Trinajstić information content (AvgIpc) is 2.75. The first-order valence-corrected chi connectivity index (χ1v) is 9.45. The van der Waals surface area contributed by atoms with Crippen molar-refractivity contribution in [3.05, 3.63) is 0 Å². The summed E-state index contributed by atoms with van der Waals surface area (Å²) in [5, 5.41) is 3.48. The molecule has 0 spiro atoms. The molecule has 2 heterocycles. The van der Waals surface area contributed by atoms with Gasteiger partial charge in [-0.05, 0) is 38.6 Å². The van der Waals surface area contributed by atoms with Crippen LogP contribution in [0.2, 0.25) is 0 Å². The fraction of sp³-hybridized carbons (Fsp3) is 1.00. The molecule has 2 aliphatic heterocycles. The molecule has 5 nitrogen and oxygen atoms in total. The Morgan fingerprint density at radius 1 is 1.10 bits per heavy atom. The average molecular weight is 303 g/mol. The molecular formula is C14H29N3O2S. The standard InChI is InChI=1S/C14H29N3O2S/c1-16(13-9-14-8-4-5-10-15-14)20(18,19)17-11-6-2-3-7-12-17/h14-15H,2-13H2,1H3. The van der Waals surface area contributed by atoms with Gasteiger partial charge in [-0.2, -0.15) is 17.0 Å². The molecule has 2 rings (SSSR count). The van der Waals surface area contributed by atoms with E-state index in [4.69, 9.17) is 0 Å². The van der Waals surface area contributed by atoms with Crippen LogP contribution >= 0.6 is 0 Å². The summed E-state index contributed by atoms with van der Waals surface area (Å²) in [5.41, 5.74) is 0. The van der Waals surface area contributed by atoms with E-state index in [1.165, 1.54) is 19.3 Å². The van der Waals surface area contributed by atoms with Crippen LogP contribution in [0.4, 0.5) is 0 Å². The molecule has 2 saturated heterocycles. The summed E-state index contributed by atoms with van der Waals surface area (Å²) in [6.07, 6.45) is 8.91. The van der Waals surface area contributed by atoms with E-state index >= 15 is 0 Å². The molecule has 0 aromatic heterocycles. The molecule has 0 aliphatic carbocycles. The van der Waals surface area contributed by atoms with E-state index in [-0.39, 0.29) is 0 Å². The fourth-order valence-corrected chi connectivity index (χ4v) is 4.54. The molecule has 0 aromatic rings. The summed E-state index contributed by atoms with van der Waals surface area (Å²) in [4.78, 5) is 0. The molecule has 2 fully saturated rings. The Bertz CT molecular complexity index is 372. The van der Waals surface area contributed by atoms with Crippen molar-refractivity contribution in [1.29, 1.82) is 0 Å². The summed E-state index contributed by atoms with van der Waals surface area (Å²) >= 11 is 0. The third-order valence-electron chi connectivity index (χ3n) is 4.49. The van der Waals surface area contributed by atoms with Crippen LogP contribution in [0.1, 0.15) is 51.4 Å². The number of piperidine rings is 1. The van der Waals surface area contributed by atoms with Crippen LogP contribution < -0.4 is 5.32 Å². The number of hydrogen-bond acceptors (Lipinski definition) is 3. The van der Waals surface area contributed by atoms with Crippen molar-refractivity contribution in [2.24, 2.45) is 0 Å². The van der Waals surface area contributed by atoms with Crippen molar-refractivity contribution >= 4 is 10.2 Å². The highest BCUT2D eigenvalue weighted by Crippen LogP contribution is 2.17. The number of nitrogens with zero attached hydrogens (tertiary/aromatic N) is 2. The van der Waals surface area contributed by atoms with E-state index in [0.717, 1.165) is 38.6 Å². The Kier molecular flexibility index (Phi) is 6.26. The predicted molar refractivity (Wildman–Crippen MR) is 81.8 cm³/mol. The zero-order valence-electron chi connectivity index (χ0n) is 12.7. The number of nitrogens with one attached hydrogen (secondary N) is 1. The molecule has 6 heteroatoms. The van der Waals surface area contributed by atoms with Crippen molar-refractivity contribution < 1.29 is 8.42 Å². The van der Waals surface area contributed by atoms with Crippen molar-refractivity contribution in [3.63, 3.8) is 0 Å². The molecule has 1 atom stereocenters. The first-order chi connectivity index (χ1) is 9.60. The molecule has 20 heavy (non-hydrogen) atoms. The molecule has 2 aliphatic rings.